The van der Waals surface area contributed by atoms with Gasteiger partial charge in [-0.3, -0.25) is 19.5 Å². The highest BCUT2D eigenvalue weighted by molar-refractivity contribution is 5.97. The highest BCUT2D eigenvalue weighted by atomic mass is 19.1. The number of amides is 1. The molecule has 1 aliphatic rings. The first kappa shape index (κ1) is 26.9. The van der Waals surface area contributed by atoms with E-state index >= 15 is 0 Å². The highest BCUT2D eigenvalue weighted by Gasteiger charge is 2.22. The van der Waals surface area contributed by atoms with E-state index in [2.05, 4.69) is 16.0 Å². The number of nitriles is 1. The van der Waals surface area contributed by atoms with Gasteiger partial charge in [-0.05, 0) is 60.0 Å². The van der Waals surface area contributed by atoms with Crippen molar-refractivity contribution in [3.8, 4) is 17.3 Å². The summed E-state index contributed by atoms with van der Waals surface area (Å²) in [6.45, 7) is 3.47. The molecule has 0 radical (unpaired) electrons. The molecule has 0 spiro atoms. The molecule has 7 heteroatoms. The van der Waals surface area contributed by atoms with Crippen LogP contribution in [0.4, 0.5) is 4.39 Å². The summed E-state index contributed by atoms with van der Waals surface area (Å²) in [4.78, 5) is 34.6. The summed E-state index contributed by atoms with van der Waals surface area (Å²) in [5.41, 5.74) is 5.33. The van der Waals surface area contributed by atoms with E-state index in [-0.39, 0.29) is 17.5 Å². The predicted octanol–water partition coefficient (Wildman–Crippen LogP) is 5.53. The van der Waals surface area contributed by atoms with Gasteiger partial charge in [0.1, 0.15) is 5.82 Å². The smallest absolute Gasteiger partial charge is 0.255 e. The van der Waals surface area contributed by atoms with Gasteiger partial charge in [-0.15, -0.1) is 0 Å². The number of pyridine rings is 1. The average Bonchev–Trinajstić information content (AvgIpc) is 3.01. The van der Waals surface area contributed by atoms with Gasteiger partial charge in [-0.2, -0.15) is 5.26 Å². The van der Waals surface area contributed by atoms with Gasteiger partial charge in [0.2, 0.25) is 0 Å². The first-order chi connectivity index (χ1) is 19.5. The zero-order valence-electron chi connectivity index (χ0n) is 22.1. The molecule has 200 valence electrons. The molecule has 40 heavy (non-hydrogen) atoms. The number of Topliss-reactive ketones (excluding diaryl/α,β-unsaturated/α-hetero) is 1. The van der Waals surface area contributed by atoms with Crippen molar-refractivity contribution in [3.05, 3.63) is 125 Å². The van der Waals surface area contributed by atoms with Crippen LogP contribution in [0.1, 0.15) is 43.8 Å². The Morgan fingerprint density at radius 2 is 1.57 bits per heavy atom. The van der Waals surface area contributed by atoms with E-state index in [1.54, 1.807) is 42.6 Å². The zero-order valence-corrected chi connectivity index (χ0v) is 22.1. The van der Waals surface area contributed by atoms with Crippen LogP contribution in [0.15, 0.2) is 91.1 Å². The van der Waals surface area contributed by atoms with Crippen LogP contribution in [0.25, 0.3) is 11.3 Å². The number of ketones is 1. The van der Waals surface area contributed by atoms with Crippen LogP contribution in [0.5, 0.6) is 0 Å². The van der Waals surface area contributed by atoms with Crippen LogP contribution in [0.2, 0.25) is 0 Å². The van der Waals surface area contributed by atoms with E-state index in [1.165, 1.54) is 12.1 Å². The Kier molecular flexibility index (Phi) is 8.38. The standard InChI is InChI=1S/C33H29FN4O2/c34-30-12-8-26(9-13-30)23-37-16-18-38(19-17-37)33(40)29-11-14-31(36-22-29)27-2-1-3-28(20-27)32(39)15-10-24-4-6-25(21-35)7-5-24/h1-9,11-14,20,22H,10,15-19,23H2. The molecule has 0 aliphatic carbocycles. The van der Waals surface area contributed by atoms with Crippen molar-refractivity contribution >= 4 is 11.7 Å². The van der Waals surface area contributed by atoms with Crippen LogP contribution in [-0.4, -0.2) is 52.7 Å². The lowest BCUT2D eigenvalue weighted by molar-refractivity contribution is 0.0628. The SMILES string of the molecule is N#Cc1ccc(CCC(=O)c2cccc(-c3ccc(C(=O)N4CCN(Cc5ccc(F)cc5)CC4)cn3)c2)cc1. The third-order valence-electron chi connectivity index (χ3n) is 7.19. The number of aryl methyl sites for hydroxylation is 1. The molecule has 4 aromatic rings. The van der Waals surface area contributed by atoms with Gasteiger partial charge in [-0.1, -0.05) is 42.5 Å². The molecule has 3 aromatic carbocycles. The fourth-order valence-electron chi connectivity index (χ4n) is 4.83. The Labute approximate surface area is 233 Å². The topological polar surface area (TPSA) is 77.3 Å². The van der Waals surface area contributed by atoms with Crippen molar-refractivity contribution in [2.75, 3.05) is 26.2 Å². The monoisotopic (exact) mass is 532 g/mol. The number of rotatable bonds is 8. The summed E-state index contributed by atoms with van der Waals surface area (Å²) >= 11 is 0. The Bertz CT molecular complexity index is 1520. The predicted molar refractivity (Wildman–Crippen MR) is 151 cm³/mol. The maximum Gasteiger partial charge on any atom is 0.255 e. The summed E-state index contributed by atoms with van der Waals surface area (Å²) in [6, 6.07) is 26.9. The first-order valence-electron chi connectivity index (χ1n) is 13.3. The van der Waals surface area contributed by atoms with Crippen molar-refractivity contribution < 1.29 is 14.0 Å². The van der Waals surface area contributed by atoms with Crippen molar-refractivity contribution in [1.29, 1.82) is 5.26 Å². The fraction of sp³-hybridized carbons (Fsp3) is 0.212. The third-order valence-corrected chi connectivity index (χ3v) is 7.19. The number of carbonyl (C=O) groups is 2. The molecule has 0 unspecified atom stereocenters. The van der Waals surface area contributed by atoms with Crippen LogP contribution in [0, 0.1) is 17.1 Å². The minimum atomic E-state index is -0.240. The molecule has 1 amide bonds. The number of benzene rings is 3. The van der Waals surface area contributed by atoms with Gasteiger partial charge >= 0.3 is 0 Å². The molecular formula is C33H29FN4O2. The normalized spacial score (nSPS) is 13.6. The lowest BCUT2D eigenvalue weighted by Gasteiger charge is -2.34. The van der Waals surface area contributed by atoms with E-state index in [0.29, 0.717) is 48.3 Å². The van der Waals surface area contributed by atoms with Crippen molar-refractivity contribution in [1.82, 2.24) is 14.8 Å². The van der Waals surface area contributed by atoms with Gasteiger partial charge in [-0.25, -0.2) is 4.39 Å². The van der Waals surface area contributed by atoms with E-state index in [4.69, 9.17) is 5.26 Å². The number of halogens is 1. The molecule has 5 rings (SSSR count). The van der Waals surface area contributed by atoms with Gasteiger partial charge in [0.15, 0.2) is 5.78 Å². The average molecular weight is 533 g/mol. The first-order valence-corrected chi connectivity index (χ1v) is 13.3. The van der Waals surface area contributed by atoms with Gasteiger partial charge in [0, 0.05) is 56.5 Å². The van der Waals surface area contributed by atoms with Gasteiger partial charge < -0.3 is 4.90 Å². The van der Waals surface area contributed by atoms with Gasteiger partial charge in [0.05, 0.1) is 22.9 Å². The molecule has 0 atom stereocenters. The Hall–Kier alpha value is -4.67. The summed E-state index contributed by atoms with van der Waals surface area (Å²) in [5.74, 6) is -0.250. The van der Waals surface area contributed by atoms with Gasteiger partial charge in [0.25, 0.3) is 5.91 Å². The molecule has 0 bridgehead atoms. The van der Waals surface area contributed by atoms with Crippen molar-refractivity contribution in [3.63, 3.8) is 0 Å². The number of hydrogen-bond donors (Lipinski definition) is 0. The molecule has 1 fully saturated rings. The number of aromatic nitrogens is 1. The molecule has 2 heterocycles. The molecule has 6 nitrogen and oxygen atoms in total. The molecule has 1 aromatic heterocycles. The van der Waals surface area contributed by atoms with E-state index in [9.17, 15) is 14.0 Å². The Balaban J connectivity index is 1.16. The second kappa shape index (κ2) is 12.5. The summed E-state index contributed by atoms with van der Waals surface area (Å²) in [5, 5.41) is 8.94. The maximum absolute atomic E-state index is 13.2. The van der Waals surface area contributed by atoms with Crippen LogP contribution < -0.4 is 0 Å². The maximum atomic E-state index is 13.2. The second-order valence-corrected chi connectivity index (χ2v) is 9.94. The zero-order chi connectivity index (χ0) is 27.9. The largest absolute Gasteiger partial charge is 0.336 e. The van der Waals surface area contributed by atoms with Crippen LogP contribution >= 0.6 is 0 Å². The van der Waals surface area contributed by atoms with Crippen molar-refractivity contribution in [2.24, 2.45) is 0 Å². The lowest BCUT2D eigenvalue weighted by Crippen LogP contribution is -2.48. The fourth-order valence-corrected chi connectivity index (χ4v) is 4.83. The summed E-state index contributed by atoms with van der Waals surface area (Å²) in [6.07, 6.45) is 2.57. The van der Waals surface area contributed by atoms with Crippen LogP contribution in [-0.2, 0) is 13.0 Å². The molecule has 0 saturated carbocycles. The molecular weight excluding hydrogens is 503 g/mol. The number of nitrogens with zero attached hydrogens (tertiary/aromatic N) is 4. The van der Waals surface area contributed by atoms with E-state index in [0.717, 1.165) is 36.3 Å². The quantitative estimate of drug-likeness (QED) is 0.279. The lowest BCUT2D eigenvalue weighted by atomic mass is 9.99. The molecule has 0 N–H and O–H groups in total. The third kappa shape index (κ3) is 6.66. The number of piperazine rings is 1. The van der Waals surface area contributed by atoms with E-state index < -0.39 is 0 Å². The van der Waals surface area contributed by atoms with Crippen LogP contribution in [0.3, 0.4) is 0 Å². The Morgan fingerprint density at radius 1 is 0.850 bits per heavy atom. The van der Waals surface area contributed by atoms with E-state index in [1.807, 2.05) is 41.3 Å². The summed E-state index contributed by atoms with van der Waals surface area (Å²) < 4.78 is 13.2. The number of hydrogen-bond acceptors (Lipinski definition) is 5. The molecule has 1 saturated heterocycles. The second-order valence-electron chi connectivity index (χ2n) is 9.94. The number of carbonyl (C=O) groups excluding carboxylic acids is 2. The Morgan fingerprint density at radius 3 is 2.25 bits per heavy atom. The minimum absolute atomic E-state index is 0.0385. The van der Waals surface area contributed by atoms with Crippen molar-refractivity contribution in [2.45, 2.75) is 19.4 Å². The summed E-state index contributed by atoms with van der Waals surface area (Å²) in [7, 11) is 0. The highest BCUT2D eigenvalue weighted by Crippen LogP contribution is 2.21. The molecule has 1 aliphatic heterocycles. The minimum Gasteiger partial charge on any atom is -0.336 e.